The zero-order chi connectivity index (χ0) is 28.5. The zero-order valence-corrected chi connectivity index (χ0v) is 23.1. The number of rotatable bonds is 8. The maximum Gasteiger partial charge on any atom is 0.336 e. The SMILES string of the molecule is Cc1c(C(=O)O)cc(-c2cc(NCc3ccc(Cl)s3)n(C(=O)C(C)(C)C)n2)n(CC(=O)c2cncnc2)c1=O. The van der Waals surface area contributed by atoms with Gasteiger partial charge in [-0.2, -0.15) is 9.78 Å². The van der Waals surface area contributed by atoms with E-state index in [-0.39, 0.29) is 34.0 Å². The van der Waals surface area contributed by atoms with Crippen molar-refractivity contribution in [3.63, 3.8) is 0 Å². The van der Waals surface area contributed by atoms with Crippen molar-refractivity contribution in [2.75, 3.05) is 5.32 Å². The number of carboxylic acids is 1. The molecule has 4 aromatic rings. The molecule has 0 atom stereocenters. The van der Waals surface area contributed by atoms with E-state index in [0.29, 0.717) is 16.7 Å². The van der Waals surface area contributed by atoms with Crippen LogP contribution in [0.3, 0.4) is 0 Å². The van der Waals surface area contributed by atoms with Crippen molar-refractivity contribution in [2.24, 2.45) is 5.41 Å². The van der Waals surface area contributed by atoms with Crippen LogP contribution in [0.5, 0.6) is 0 Å². The molecular formula is C26H25ClN6O5S. The van der Waals surface area contributed by atoms with Crippen LogP contribution in [-0.2, 0) is 13.1 Å². The van der Waals surface area contributed by atoms with Gasteiger partial charge in [0.25, 0.3) is 11.5 Å². The highest BCUT2D eigenvalue weighted by molar-refractivity contribution is 7.16. The van der Waals surface area contributed by atoms with Crippen LogP contribution in [0.15, 0.2) is 47.8 Å². The molecule has 0 aliphatic rings. The van der Waals surface area contributed by atoms with Crippen LogP contribution >= 0.6 is 22.9 Å². The molecule has 4 heterocycles. The van der Waals surface area contributed by atoms with Gasteiger partial charge in [0.05, 0.1) is 34.2 Å². The first-order chi connectivity index (χ1) is 18.4. The summed E-state index contributed by atoms with van der Waals surface area (Å²) in [4.78, 5) is 60.2. The first-order valence-corrected chi connectivity index (χ1v) is 13.0. The summed E-state index contributed by atoms with van der Waals surface area (Å²) in [5.74, 6) is -1.77. The van der Waals surface area contributed by atoms with Gasteiger partial charge in [0.2, 0.25) is 0 Å². The Morgan fingerprint density at radius 3 is 2.41 bits per heavy atom. The molecule has 0 amide bonds. The second kappa shape index (κ2) is 10.9. The Hall–Kier alpha value is -4.16. The maximum atomic E-state index is 13.3. The largest absolute Gasteiger partial charge is 0.478 e. The van der Waals surface area contributed by atoms with Crippen LogP contribution in [0.25, 0.3) is 11.4 Å². The Morgan fingerprint density at radius 2 is 1.82 bits per heavy atom. The lowest BCUT2D eigenvalue weighted by Gasteiger charge is -2.18. The molecule has 0 unspecified atom stereocenters. The highest BCUT2D eigenvalue weighted by Gasteiger charge is 2.28. The highest BCUT2D eigenvalue weighted by Crippen LogP contribution is 2.28. The number of hydrogen-bond donors (Lipinski definition) is 2. The molecule has 4 aromatic heterocycles. The summed E-state index contributed by atoms with van der Waals surface area (Å²) < 4.78 is 2.95. The third kappa shape index (κ3) is 5.96. The van der Waals surface area contributed by atoms with Gasteiger partial charge in [0.15, 0.2) is 5.78 Å². The summed E-state index contributed by atoms with van der Waals surface area (Å²) in [5, 5.41) is 17.4. The minimum absolute atomic E-state index is 0.0403. The number of anilines is 1. The fraction of sp³-hybridized carbons (Fsp3) is 0.269. The summed E-state index contributed by atoms with van der Waals surface area (Å²) in [5.41, 5.74) is -1.38. The molecule has 0 fully saturated rings. The number of aromatic nitrogens is 5. The van der Waals surface area contributed by atoms with Crippen molar-refractivity contribution in [1.29, 1.82) is 0 Å². The standard InChI is InChI=1S/C26H25ClN6O5S/c1-14-17(24(36)37)7-19(32(23(14)35)12-20(34)15-9-28-13-29-10-15)18-8-22(30-11-16-5-6-21(27)39-16)33(31-18)25(38)26(2,3)4/h5-10,13,30H,11-12H2,1-4H3,(H,36,37). The van der Waals surface area contributed by atoms with Crippen molar-refractivity contribution in [3.05, 3.63) is 79.2 Å². The fourth-order valence-electron chi connectivity index (χ4n) is 3.75. The number of ketones is 1. The van der Waals surface area contributed by atoms with Gasteiger partial charge in [-0.05, 0) is 25.1 Å². The van der Waals surface area contributed by atoms with E-state index in [1.165, 1.54) is 47.7 Å². The zero-order valence-electron chi connectivity index (χ0n) is 21.6. The monoisotopic (exact) mass is 568 g/mol. The topological polar surface area (TPSA) is 149 Å². The van der Waals surface area contributed by atoms with E-state index in [2.05, 4.69) is 20.4 Å². The van der Waals surface area contributed by atoms with Crippen LogP contribution in [-0.4, -0.2) is 47.1 Å². The first-order valence-electron chi connectivity index (χ1n) is 11.8. The molecular weight excluding hydrogens is 544 g/mol. The molecule has 0 aliphatic carbocycles. The molecule has 202 valence electrons. The molecule has 4 rings (SSSR count). The molecule has 0 saturated carbocycles. The number of pyridine rings is 1. The molecule has 0 bridgehead atoms. The molecule has 11 nitrogen and oxygen atoms in total. The molecule has 2 N–H and O–H groups in total. The molecule has 0 radical (unpaired) electrons. The predicted molar refractivity (Wildman–Crippen MR) is 147 cm³/mol. The number of carboxylic acid groups (broad SMARTS) is 1. The second-order valence-electron chi connectivity index (χ2n) is 9.76. The predicted octanol–water partition coefficient (Wildman–Crippen LogP) is 4.40. The van der Waals surface area contributed by atoms with Gasteiger partial charge < -0.3 is 10.4 Å². The lowest BCUT2D eigenvalue weighted by Crippen LogP contribution is -2.30. The van der Waals surface area contributed by atoms with E-state index in [1.54, 1.807) is 32.9 Å². The number of hydrogen-bond acceptors (Lipinski definition) is 9. The number of nitrogens with one attached hydrogen (secondary N) is 1. The summed E-state index contributed by atoms with van der Waals surface area (Å²) in [6.45, 7) is 6.52. The molecule has 0 spiro atoms. The van der Waals surface area contributed by atoms with Crippen molar-refractivity contribution in [1.82, 2.24) is 24.3 Å². The number of thiophene rings is 1. The van der Waals surface area contributed by atoms with Crippen LogP contribution in [0.2, 0.25) is 4.34 Å². The van der Waals surface area contributed by atoms with E-state index < -0.39 is 29.3 Å². The summed E-state index contributed by atoms with van der Waals surface area (Å²) >= 11 is 7.42. The number of Topliss-reactive ketones (excluding diaryl/α,β-unsaturated/α-hetero) is 1. The third-order valence-electron chi connectivity index (χ3n) is 5.83. The Morgan fingerprint density at radius 1 is 1.13 bits per heavy atom. The molecule has 13 heteroatoms. The Bertz CT molecular complexity index is 1630. The molecule has 39 heavy (non-hydrogen) atoms. The van der Waals surface area contributed by atoms with Gasteiger partial charge in [-0.1, -0.05) is 32.4 Å². The summed E-state index contributed by atoms with van der Waals surface area (Å²) in [6.07, 6.45) is 3.93. The Balaban J connectivity index is 1.86. The Labute approximate surface area is 232 Å². The summed E-state index contributed by atoms with van der Waals surface area (Å²) in [6, 6.07) is 6.44. The number of carbonyl (C=O) groups excluding carboxylic acids is 2. The van der Waals surface area contributed by atoms with E-state index in [4.69, 9.17) is 11.6 Å². The van der Waals surface area contributed by atoms with Crippen molar-refractivity contribution in [3.8, 4) is 11.4 Å². The molecule has 0 aromatic carbocycles. The summed E-state index contributed by atoms with van der Waals surface area (Å²) in [7, 11) is 0. The highest BCUT2D eigenvalue weighted by atomic mass is 35.5. The number of nitrogens with zero attached hydrogens (tertiary/aromatic N) is 5. The van der Waals surface area contributed by atoms with Gasteiger partial charge >= 0.3 is 5.97 Å². The smallest absolute Gasteiger partial charge is 0.336 e. The van der Waals surface area contributed by atoms with Crippen LogP contribution in [0, 0.1) is 12.3 Å². The van der Waals surface area contributed by atoms with E-state index in [1.807, 2.05) is 6.07 Å². The lowest BCUT2D eigenvalue weighted by molar-refractivity contribution is 0.0694. The average molecular weight is 569 g/mol. The Kier molecular flexibility index (Phi) is 7.79. The van der Waals surface area contributed by atoms with E-state index >= 15 is 0 Å². The first kappa shape index (κ1) is 27.9. The normalized spacial score (nSPS) is 11.4. The molecule has 0 aliphatic heterocycles. The van der Waals surface area contributed by atoms with Gasteiger partial charge in [-0.3, -0.25) is 19.0 Å². The lowest BCUT2D eigenvalue weighted by atomic mass is 9.96. The van der Waals surface area contributed by atoms with Crippen molar-refractivity contribution in [2.45, 2.75) is 40.8 Å². The number of carbonyl (C=O) groups is 3. The van der Waals surface area contributed by atoms with Crippen LogP contribution < -0.4 is 10.9 Å². The minimum Gasteiger partial charge on any atom is -0.478 e. The van der Waals surface area contributed by atoms with E-state index in [9.17, 15) is 24.3 Å². The van der Waals surface area contributed by atoms with E-state index in [0.717, 1.165) is 9.44 Å². The average Bonchev–Trinajstić information content (AvgIpc) is 3.50. The quantitative estimate of drug-likeness (QED) is 0.295. The molecule has 0 saturated heterocycles. The van der Waals surface area contributed by atoms with Crippen LogP contribution in [0.4, 0.5) is 5.82 Å². The van der Waals surface area contributed by atoms with Gasteiger partial charge in [0, 0.05) is 34.3 Å². The number of halogens is 1. The maximum absolute atomic E-state index is 13.3. The van der Waals surface area contributed by atoms with Crippen LogP contribution in [0.1, 0.15) is 56.7 Å². The third-order valence-corrected chi connectivity index (χ3v) is 7.07. The van der Waals surface area contributed by atoms with Crippen molar-refractivity contribution >= 4 is 46.4 Å². The number of aromatic carboxylic acids is 1. The second-order valence-corrected chi connectivity index (χ2v) is 11.6. The minimum atomic E-state index is -1.31. The van der Waals surface area contributed by atoms with Gasteiger partial charge in [0.1, 0.15) is 17.8 Å². The van der Waals surface area contributed by atoms with Crippen molar-refractivity contribution < 1.29 is 19.5 Å². The van der Waals surface area contributed by atoms with Gasteiger partial charge in [-0.25, -0.2) is 14.8 Å². The van der Waals surface area contributed by atoms with Gasteiger partial charge in [-0.15, -0.1) is 11.3 Å². The fourth-order valence-corrected chi connectivity index (χ4v) is 4.78.